The van der Waals surface area contributed by atoms with Crippen LogP contribution in [-0.2, 0) is 17.6 Å². The number of benzene rings is 1. The molecule has 1 spiro atoms. The number of nitrogens with one attached hydrogen (secondary N) is 1. The number of fused-ring (bicyclic) bond motifs is 1. The Hall–Kier alpha value is -1.88. The predicted molar refractivity (Wildman–Crippen MR) is 90.8 cm³/mol. The van der Waals surface area contributed by atoms with E-state index >= 15 is 0 Å². The molecule has 0 unspecified atom stereocenters. The third-order valence-electron chi connectivity index (χ3n) is 5.55. The van der Waals surface area contributed by atoms with Crippen molar-refractivity contribution in [1.29, 1.82) is 0 Å². The van der Waals surface area contributed by atoms with Gasteiger partial charge in [0.1, 0.15) is 0 Å². The summed E-state index contributed by atoms with van der Waals surface area (Å²) in [6.07, 6.45) is 4.41. The van der Waals surface area contributed by atoms with Gasteiger partial charge in [0.25, 0.3) is 5.91 Å². The average Bonchev–Trinajstić information content (AvgIpc) is 2.87. The Labute approximate surface area is 143 Å². The molecule has 1 aliphatic heterocycles. The molecule has 1 saturated heterocycles. The summed E-state index contributed by atoms with van der Waals surface area (Å²) in [5.74, 6) is 0.375. The minimum Gasteiger partial charge on any atom is -0.342 e. The summed E-state index contributed by atoms with van der Waals surface area (Å²) in [5.41, 5.74) is 4.11. The molecule has 24 heavy (non-hydrogen) atoms. The monoisotopic (exact) mass is 330 g/mol. The SMILES string of the molecule is CC(C)CCN1CC[C@]2(CCc3ccc(C(=O)NO)cc3C2)C1=O. The van der Waals surface area contributed by atoms with Crippen LogP contribution in [0.25, 0.3) is 0 Å². The maximum atomic E-state index is 13.0. The van der Waals surface area contributed by atoms with E-state index in [2.05, 4.69) is 13.8 Å². The lowest BCUT2D eigenvalue weighted by molar-refractivity contribution is -0.136. The maximum Gasteiger partial charge on any atom is 0.274 e. The highest BCUT2D eigenvalue weighted by atomic mass is 16.5. The molecule has 2 aliphatic rings. The van der Waals surface area contributed by atoms with Crippen molar-refractivity contribution >= 4 is 11.8 Å². The average molecular weight is 330 g/mol. The van der Waals surface area contributed by atoms with Gasteiger partial charge in [-0.2, -0.15) is 0 Å². The van der Waals surface area contributed by atoms with E-state index in [0.29, 0.717) is 17.9 Å². The molecule has 3 rings (SSSR count). The first-order valence-electron chi connectivity index (χ1n) is 8.81. The molecule has 0 bridgehead atoms. The number of hydroxylamine groups is 1. The number of likely N-dealkylation sites (tertiary alicyclic amines) is 1. The minimum atomic E-state index is -0.506. The fourth-order valence-electron chi connectivity index (χ4n) is 3.98. The van der Waals surface area contributed by atoms with Gasteiger partial charge in [-0.1, -0.05) is 19.9 Å². The number of aryl methyl sites for hydroxylation is 1. The van der Waals surface area contributed by atoms with Crippen LogP contribution in [0.4, 0.5) is 0 Å². The highest BCUT2D eigenvalue weighted by Gasteiger charge is 2.47. The van der Waals surface area contributed by atoms with E-state index in [0.717, 1.165) is 44.3 Å². The largest absolute Gasteiger partial charge is 0.342 e. The fraction of sp³-hybridized carbons (Fsp3) is 0.579. The van der Waals surface area contributed by atoms with Crippen molar-refractivity contribution in [2.45, 2.75) is 46.0 Å². The lowest BCUT2D eigenvalue weighted by Gasteiger charge is -2.33. The van der Waals surface area contributed by atoms with Crippen LogP contribution < -0.4 is 5.48 Å². The molecule has 2 amide bonds. The van der Waals surface area contributed by atoms with Gasteiger partial charge < -0.3 is 4.90 Å². The molecule has 0 aromatic heterocycles. The Morgan fingerprint density at radius 1 is 1.33 bits per heavy atom. The number of hydrogen-bond donors (Lipinski definition) is 2. The fourth-order valence-corrected chi connectivity index (χ4v) is 3.98. The van der Waals surface area contributed by atoms with Crippen LogP contribution >= 0.6 is 0 Å². The summed E-state index contributed by atoms with van der Waals surface area (Å²) in [7, 11) is 0. The van der Waals surface area contributed by atoms with Crippen molar-refractivity contribution in [3.05, 3.63) is 34.9 Å². The van der Waals surface area contributed by atoms with Crippen LogP contribution in [0.3, 0.4) is 0 Å². The minimum absolute atomic E-state index is 0.283. The molecule has 1 aromatic carbocycles. The Morgan fingerprint density at radius 3 is 2.83 bits per heavy atom. The van der Waals surface area contributed by atoms with Crippen LogP contribution in [0, 0.1) is 11.3 Å². The molecular formula is C19H26N2O3. The summed E-state index contributed by atoms with van der Waals surface area (Å²) in [5, 5.41) is 8.82. The molecular weight excluding hydrogens is 304 g/mol. The smallest absolute Gasteiger partial charge is 0.274 e. The van der Waals surface area contributed by atoms with E-state index in [9.17, 15) is 9.59 Å². The summed E-state index contributed by atoms with van der Waals surface area (Å²) < 4.78 is 0. The first-order valence-corrected chi connectivity index (χ1v) is 8.81. The van der Waals surface area contributed by atoms with Crippen LogP contribution in [-0.4, -0.2) is 35.0 Å². The lowest BCUT2D eigenvalue weighted by atomic mass is 9.70. The van der Waals surface area contributed by atoms with Gasteiger partial charge in [0.2, 0.25) is 5.91 Å². The van der Waals surface area contributed by atoms with Crippen LogP contribution in [0.1, 0.15) is 54.6 Å². The van der Waals surface area contributed by atoms with Gasteiger partial charge in [0, 0.05) is 18.7 Å². The topological polar surface area (TPSA) is 69.6 Å². The lowest BCUT2D eigenvalue weighted by Crippen LogP contribution is -2.39. The van der Waals surface area contributed by atoms with Crippen molar-refractivity contribution in [1.82, 2.24) is 10.4 Å². The summed E-state index contributed by atoms with van der Waals surface area (Å²) in [6.45, 7) is 6.05. The number of carbonyl (C=O) groups excluding carboxylic acids is 2. The van der Waals surface area contributed by atoms with Crippen LogP contribution in [0.2, 0.25) is 0 Å². The molecule has 1 atom stereocenters. The Bertz CT molecular complexity index is 656. The summed E-state index contributed by atoms with van der Waals surface area (Å²) in [4.78, 5) is 26.7. The number of amides is 2. The van der Waals surface area contributed by atoms with Gasteiger partial charge in [0.05, 0.1) is 5.41 Å². The van der Waals surface area contributed by atoms with E-state index in [4.69, 9.17) is 5.21 Å². The van der Waals surface area contributed by atoms with Crippen molar-refractivity contribution in [2.75, 3.05) is 13.1 Å². The molecule has 1 aromatic rings. The quantitative estimate of drug-likeness (QED) is 0.658. The summed E-state index contributed by atoms with van der Waals surface area (Å²) >= 11 is 0. The normalized spacial score (nSPS) is 23.0. The number of nitrogens with zero attached hydrogens (tertiary/aromatic N) is 1. The molecule has 1 fully saturated rings. The standard InChI is InChI=1S/C19H26N2O3/c1-13(2)6-9-21-10-8-19(18(21)23)7-5-14-3-4-15(17(22)20-24)11-16(14)12-19/h3-4,11,13,24H,5-10,12H2,1-2H3,(H,20,22)/t19-/m0/s1. The molecule has 5 heteroatoms. The Kier molecular flexibility index (Phi) is 4.63. The second-order valence-electron chi connectivity index (χ2n) is 7.61. The highest BCUT2D eigenvalue weighted by Crippen LogP contribution is 2.44. The Balaban J connectivity index is 1.78. The molecule has 0 radical (unpaired) electrons. The van der Waals surface area contributed by atoms with Crippen molar-refractivity contribution in [2.24, 2.45) is 11.3 Å². The first-order chi connectivity index (χ1) is 11.4. The zero-order chi connectivity index (χ0) is 17.3. The van der Waals surface area contributed by atoms with Crippen molar-refractivity contribution < 1.29 is 14.8 Å². The van der Waals surface area contributed by atoms with Crippen molar-refractivity contribution in [3.63, 3.8) is 0 Å². The van der Waals surface area contributed by atoms with E-state index < -0.39 is 5.91 Å². The van der Waals surface area contributed by atoms with Crippen LogP contribution in [0.5, 0.6) is 0 Å². The maximum absolute atomic E-state index is 13.0. The predicted octanol–water partition coefficient (Wildman–Crippen LogP) is 2.56. The second kappa shape index (κ2) is 6.55. The molecule has 1 aliphatic carbocycles. The van der Waals surface area contributed by atoms with E-state index in [1.165, 1.54) is 5.56 Å². The summed E-state index contributed by atoms with van der Waals surface area (Å²) in [6, 6.07) is 5.50. The van der Waals surface area contributed by atoms with Gasteiger partial charge in [0.15, 0.2) is 0 Å². The molecule has 5 nitrogen and oxygen atoms in total. The number of rotatable bonds is 4. The Morgan fingerprint density at radius 2 is 2.12 bits per heavy atom. The third kappa shape index (κ3) is 3.05. The van der Waals surface area contributed by atoms with E-state index in [1.54, 1.807) is 11.5 Å². The van der Waals surface area contributed by atoms with E-state index in [-0.39, 0.29) is 11.3 Å². The van der Waals surface area contributed by atoms with Gasteiger partial charge in [-0.25, -0.2) is 5.48 Å². The number of carbonyl (C=O) groups is 2. The van der Waals surface area contributed by atoms with Crippen LogP contribution in [0.15, 0.2) is 18.2 Å². The number of hydrogen-bond acceptors (Lipinski definition) is 3. The third-order valence-corrected chi connectivity index (χ3v) is 5.55. The zero-order valence-electron chi connectivity index (χ0n) is 14.5. The first kappa shape index (κ1) is 17.0. The van der Waals surface area contributed by atoms with Gasteiger partial charge in [-0.15, -0.1) is 0 Å². The molecule has 130 valence electrons. The molecule has 2 N–H and O–H groups in total. The highest BCUT2D eigenvalue weighted by molar-refractivity contribution is 5.93. The van der Waals surface area contributed by atoms with Gasteiger partial charge >= 0.3 is 0 Å². The van der Waals surface area contributed by atoms with Gasteiger partial charge in [-0.3, -0.25) is 14.8 Å². The molecule has 1 heterocycles. The second-order valence-corrected chi connectivity index (χ2v) is 7.61. The molecule has 0 saturated carbocycles. The van der Waals surface area contributed by atoms with Gasteiger partial charge in [-0.05, 0) is 61.3 Å². The zero-order valence-corrected chi connectivity index (χ0v) is 14.5. The van der Waals surface area contributed by atoms with E-state index in [1.807, 2.05) is 17.0 Å². The van der Waals surface area contributed by atoms with Crippen molar-refractivity contribution in [3.8, 4) is 0 Å².